The van der Waals surface area contributed by atoms with Crippen LogP contribution in [0.25, 0.3) is 0 Å². The van der Waals surface area contributed by atoms with Crippen molar-refractivity contribution in [3.05, 3.63) is 34.6 Å². The molecule has 1 nitrogen and oxygen atoms in total. The molecule has 0 saturated heterocycles. The second kappa shape index (κ2) is 3.05. The van der Waals surface area contributed by atoms with Crippen LogP contribution in [0.4, 0.5) is 17.6 Å². The van der Waals surface area contributed by atoms with Crippen LogP contribution in [0.1, 0.15) is 27.9 Å². The van der Waals surface area contributed by atoms with E-state index in [2.05, 4.69) is 0 Å². The van der Waals surface area contributed by atoms with Crippen molar-refractivity contribution in [2.45, 2.75) is 19.0 Å². The molecule has 0 fully saturated rings. The lowest BCUT2D eigenvalue weighted by atomic mass is 10.0. The van der Waals surface area contributed by atoms with Gasteiger partial charge in [-0.25, -0.2) is 4.39 Å². The van der Waals surface area contributed by atoms with Gasteiger partial charge in [0.2, 0.25) is 0 Å². The number of hydrogen-bond acceptors (Lipinski definition) is 1. The first kappa shape index (κ1) is 10.1. The van der Waals surface area contributed by atoms with E-state index < -0.39 is 23.3 Å². The van der Waals surface area contributed by atoms with Gasteiger partial charge in [0.15, 0.2) is 5.78 Å². The molecule has 1 aromatic rings. The molecule has 80 valence electrons. The predicted molar refractivity (Wildman–Crippen MR) is 44.1 cm³/mol. The highest BCUT2D eigenvalue weighted by molar-refractivity contribution is 6.00. The number of fused-ring (bicyclic) bond motifs is 1. The molecule has 0 aromatic heterocycles. The van der Waals surface area contributed by atoms with E-state index in [1.54, 1.807) is 0 Å². The smallest absolute Gasteiger partial charge is 0.294 e. The summed E-state index contributed by atoms with van der Waals surface area (Å²) in [4.78, 5) is 11.2. The summed E-state index contributed by atoms with van der Waals surface area (Å²) in [5, 5.41) is 0. The van der Waals surface area contributed by atoms with Crippen LogP contribution in [-0.4, -0.2) is 5.78 Å². The average molecular weight is 218 g/mol. The lowest BCUT2D eigenvalue weighted by Crippen LogP contribution is -2.10. The van der Waals surface area contributed by atoms with E-state index >= 15 is 0 Å². The van der Waals surface area contributed by atoms with Crippen molar-refractivity contribution in [2.24, 2.45) is 0 Å². The van der Waals surface area contributed by atoms with Crippen molar-refractivity contribution in [2.75, 3.05) is 0 Å². The molecule has 0 amide bonds. The predicted octanol–water partition coefficient (Wildman–Crippen LogP) is 2.97. The Balaban J connectivity index is 2.67. The third-order valence-corrected chi connectivity index (χ3v) is 2.42. The molecule has 2 rings (SSSR count). The fourth-order valence-corrected chi connectivity index (χ4v) is 1.78. The Morgan fingerprint density at radius 3 is 2.40 bits per heavy atom. The molecule has 0 aliphatic heterocycles. The molecule has 15 heavy (non-hydrogen) atoms. The van der Waals surface area contributed by atoms with Crippen molar-refractivity contribution in [1.29, 1.82) is 0 Å². The third-order valence-electron chi connectivity index (χ3n) is 2.42. The summed E-state index contributed by atoms with van der Waals surface area (Å²) >= 11 is 0. The zero-order valence-corrected chi connectivity index (χ0v) is 7.49. The maximum absolute atomic E-state index is 12.9. The molecule has 0 radical (unpaired) electrons. The van der Waals surface area contributed by atoms with E-state index in [0.717, 1.165) is 6.07 Å². The quantitative estimate of drug-likeness (QED) is 0.612. The molecule has 0 atom stereocenters. The minimum absolute atomic E-state index is 0.0296. The minimum Gasteiger partial charge on any atom is -0.294 e. The van der Waals surface area contributed by atoms with Crippen LogP contribution in [0.2, 0.25) is 0 Å². The number of carbonyl (C=O) groups excluding carboxylic acids is 1. The van der Waals surface area contributed by atoms with Gasteiger partial charge in [-0.2, -0.15) is 13.2 Å². The first-order valence-corrected chi connectivity index (χ1v) is 4.32. The minimum atomic E-state index is -4.60. The average Bonchev–Trinajstić information content (AvgIpc) is 2.45. The van der Waals surface area contributed by atoms with E-state index in [1.165, 1.54) is 0 Å². The van der Waals surface area contributed by atoms with Gasteiger partial charge in [0, 0.05) is 12.0 Å². The number of carbonyl (C=O) groups is 1. The fourth-order valence-electron chi connectivity index (χ4n) is 1.78. The monoisotopic (exact) mass is 218 g/mol. The van der Waals surface area contributed by atoms with Crippen LogP contribution < -0.4 is 0 Å². The second-order valence-electron chi connectivity index (χ2n) is 3.40. The van der Waals surface area contributed by atoms with E-state index in [4.69, 9.17) is 0 Å². The largest absolute Gasteiger partial charge is 0.416 e. The van der Waals surface area contributed by atoms with Gasteiger partial charge in [-0.05, 0) is 24.1 Å². The van der Waals surface area contributed by atoms with E-state index in [-0.39, 0.29) is 24.0 Å². The first-order valence-electron chi connectivity index (χ1n) is 4.32. The van der Waals surface area contributed by atoms with Crippen LogP contribution in [-0.2, 0) is 12.6 Å². The number of benzene rings is 1. The maximum Gasteiger partial charge on any atom is 0.416 e. The summed E-state index contributed by atoms with van der Waals surface area (Å²) in [6, 6.07) is 1.32. The normalized spacial score (nSPS) is 15.6. The highest BCUT2D eigenvalue weighted by Crippen LogP contribution is 2.37. The number of Topliss-reactive ketones (excluding diaryl/α,β-unsaturated/α-hetero) is 1. The van der Waals surface area contributed by atoms with Crippen molar-refractivity contribution < 1.29 is 22.4 Å². The Bertz CT molecular complexity index is 434. The molecular weight excluding hydrogens is 212 g/mol. The molecule has 0 saturated carbocycles. The number of alkyl halides is 3. The van der Waals surface area contributed by atoms with Gasteiger partial charge in [-0.3, -0.25) is 4.79 Å². The fraction of sp³-hybridized carbons (Fsp3) is 0.300. The summed E-state index contributed by atoms with van der Waals surface area (Å²) in [5.41, 5.74) is -1.22. The van der Waals surface area contributed by atoms with Gasteiger partial charge in [0.25, 0.3) is 0 Å². The van der Waals surface area contributed by atoms with Gasteiger partial charge < -0.3 is 0 Å². The number of rotatable bonds is 0. The number of halogens is 4. The van der Waals surface area contributed by atoms with Crippen LogP contribution in [0.3, 0.4) is 0 Å². The maximum atomic E-state index is 12.9. The van der Waals surface area contributed by atoms with Crippen LogP contribution in [0, 0.1) is 5.82 Å². The van der Waals surface area contributed by atoms with E-state index in [9.17, 15) is 22.4 Å². The molecule has 0 N–H and O–H groups in total. The summed E-state index contributed by atoms with van der Waals surface area (Å²) in [5.74, 6) is -1.44. The van der Waals surface area contributed by atoms with Gasteiger partial charge >= 0.3 is 6.18 Å². The van der Waals surface area contributed by atoms with Gasteiger partial charge in [-0.15, -0.1) is 0 Å². The SMILES string of the molecule is O=C1CCc2c1cc(F)cc2C(F)(F)F. The molecule has 0 heterocycles. The van der Waals surface area contributed by atoms with Gasteiger partial charge in [0.05, 0.1) is 5.56 Å². The van der Waals surface area contributed by atoms with Gasteiger partial charge in [0.1, 0.15) is 5.82 Å². The standard InChI is InChI=1S/C10H6F4O/c11-5-3-7-6(1-2-9(7)15)8(4-5)10(12,13)14/h3-4H,1-2H2. The zero-order chi connectivity index (χ0) is 11.2. The summed E-state index contributed by atoms with van der Waals surface area (Å²) in [6.07, 6.45) is -4.53. The zero-order valence-electron chi connectivity index (χ0n) is 7.49. The summed E-state index contributed by atoms with van der Waals surface area (Å²) in [7, 11) is 0. The number of hydrogen-bond donors (Lipinski definition) is 0. The molecule has 0 spiro atoms. The highest BCUT2D eigenvalue weighted by atomic mass is 19.4. The third kappa shape index (κ3) is 1.62. The topological polar surface area (TPSA) is 17.1 Å². The van der Waals surface area contributed by atoms with Crippen LogP contribution in [0.5, 0.6) is 0 Å². The Kier molecular flexibility index (Phi) is 2.06. The van der Waals surface area contributed by atoms with Crippen LogP contribution >= 0.6 is 0 Å². The molecule has 1 aliphatic rings. The Hall–Kier alpha value is -1.39. The Morgan fingerprint density at radius 2 is 1.80 bits per heavy atom. The van der Waals surface area contributed by atoms with Crippen LogP contribution in [0.15, 0.2) is 12.1 Å². The first-order chi connectivity index (χ1) is 6.89. The lowest BCUT2D eigenvalue weighted by molar-refractivity contribution is -0.138. The van der Waals surface area contributed by atoms with Crippen molar-refractivity contribution in [3.63, 3.8) is 0 Å². The Morgan fingerprint density at radius 1 is 1.13 bits per heavy atom. The molecule has 0 unspecified atom stereocenters. The van der Waals surface area contributed by atoms with Crippen molar-refractivity contribution in [1.82, 2.24) is 0 Å². The molecule has 1 aromatic carbocycles. The lowest BCUT2D eigenvalue weighted by Gasteiger charge is -2.11. The van der Waals surface area contributed by atoms with Crippen molar-refractivity contribution in [3.8, 4) is 0 Å². The molecule has 5 heteroatoms. The molecule has 1 aliphatic carbocycles. The molecular formula is C10H6F4O. The highest BCUT2D eigenvalue weighted by Gasteiger charge is 2.37. The summed E-state index contributed by atoms with van der Waals surface area (Å²) < 4.78 is 50.3. The van der Waals surface area contributed by atoms with E-state index in [1.807, 2.05) is 0 Å². The van der Waals surface area contributed by atoms with E-state index in [0.29, 0.717) is 6.07 Å². The second-order valence-corrected chi connectivity index (χ2v) is 3.40. The molecule has 0 bridgehead atoms. The van der Waals surface area contributed by atoms with Crippen molar-refractivity contribution >= 4 is 5.78 Å². The Labute approximate surface area is 82.7 Å². The summed E-state index contributed by atoms with van der Waals surface area (Å²) in [6.45, 7) is 0. The number of ketones is 1. The van der Waals surface area contributed by atoms with Gasteiger partial charge in [-0.1, -0.05) is 0 Å².